The van der Waals surface area contributed by atoms with Crippen molar-refractivity contribution in [2.75, 3.05) is 18.0 Å². The Morgan fingerprint density at radius 3 is 3.00 bits per heavy atom. The second-order valence-corrected chi connectivity index (χ2v) is 5.42. The Morgan fingerprint density at radius 1 is 1.56 bits per heavy atom. The summed E-state index contributed by atoms with van der Waals surface area (Å²) in [6.07, 6.45) is 2.41. The highest BCUT2D eigenvalue weighted by Crippen LogP contribution is 2.26. The van der Waals surface area contributed by atoms with E-state index in [4.69, 9.17) is 5.11 Å². The van der Waals surface area contributed by atoms with Crippen molar-refractivity contribution >= 4 is 11.8 Å². The summed E-state index contributed by atoms with van der Waals surface area (Å²) in [5, 5.41) is 8.94. The second-order valence-electron chi connectivity index (χ2n) is 5.42. The smallest absolute Gasteiger partial charge is 0.354 e. The molecule has 0 aromatic carbocycles. The number of rotatable bonds is 4. The van der Waals surface area contributed by atoms with Gasteiger partial charge in [0.05, 0.1) is 0 Å². The predicted octanol–water partition coefficient (Wildman–Crippen LogP) is 2.65. The molecule has 0 bridgehead atoms. The second kappa shape index (κ2) is 5.38. The van der Waals surface area contributed by atoms with E-state index in [1.165, 1.54) is 18.9 Å². The van der Waals surface area contributed by atoms with Crippen LogP contribution in [0, 0.1) is 11.8 Å². The zero-order valence-electron chi connectivity index (χ0n) is 11.0. The van der Waals surface area contributed by atoms with Crippen LogP contribution in [0.15, 0.2) is 18.2 Å². The molecule has 1 fully saturated rings. The van der Waals surface area contributed by atoms with E-state index in [2.05, 4.69) is 23.7 Å². The minimum Gasteiger partial charge on any atom is -0.477 e. The topological polar surface area (TPSA) is 53.4 Å². The van der Waals surface area contributed by atoms with Gasteiger partial charge in [0.1, 0.15) is 5.82 Å². The minimum atomic E-state index is -0.963. The number of anilines is 1. The lowest BCUT2D eigenvalue weighted by Crippen LogP contribution is -2.21. The molecule has 1 saturated heterocycles. The van der Waals surface area contributed by atoms with Crippen LogP contribution >= 0.6 is 0 Å². The third kappa shape index (κ3) is 3.00. The van der Waals surface area contributed by atoms with Gasteiger partial charge in [-0.15, -0.1) is 0 Å². The number of carbonyl (C=O) groups is 1. The van der Waals surface area contributed by atoms with Crippen LogP contribution in [0.1, 0.15) is 37.2 Å². The summed E-state index contributed by atoms with van der Waals surface area (Å²) >= 11 is 0. The molecule has 0 radical (unpaired) electrons. The summed E-state index contributed by atoms with van der Waals surface area (Å²) in [5.41, 5.74) is 0.125. The fourth-order valence-electron chi connectivity index (χ4n) is 2.62. The molecule has 1 unspecified atom stereocenters. The lowest BCUT2D eigenvalue weighted by atomic mass is 9.97. The summed E-state index contributed by atoms with van der Waals surface area (Å²) in [6, 6.07) is 5.19. The van der Waals surface area contributed by atoms with Crippen LogP contribution < -0.4 is 4.90 Å². The number of hydrogen-bond donors (Lipinski definition) is 1. The molecular weight excluding hydrogens is 228 g/mol. The number of pyridine rings is 1. The number of carboxylic acids is 1. The predicted molar refractivity (Wildman–Crippen MR) is 71.0 cm³/mol. The van der Waals surface area contributed by atoms with Gasteiger partial charge >= 0.3 is 5.97 Å². The van der Waals surface area contributed by atoms with E-state index in [0.717, 1.165) is 18.9 Å². The number of aromatic nitrogens is 1. The molecule has 18 heavy (non-hydrogen) atoms. The average Bonchev–Trinajstić information content (AvgIpc) is 2.77. The van der Waals surface area contributed by atoms with Gasteiger partial charge in [0.25, 0.3) is 0 Å². The van der Waals surface area contributed by atoms with Crippen molar-refractivity contribution in [1.29, 1.82) is 0 Å². The van der Waals surface area contributed by atoms with E-state index < -0.39 is 5.97 Å². The summed E-state index contributed by atoms with van der Waals surface area (Å²) in [5.74, 6) is 1.25. The van der Waals surface area contributed by atoms with E-state index in [-0.39, 0.29) is 5.69 Å². The highest BCUT2D eigenvalue weighted by atomic mass is 16.4. The Bertz CT molecular complexity index is 432. The minimum absolute atomic E-state index is 0.125. The molecule has 0 amide bonds. The standard InChI is InChI=1S/C14H20N2O2/c1-10(2)8-11-6-7-16(9-11)13-5-3-4-12(15-13)14(17)18/h3-5,10-11H,6-9H2,1-2H3,(H,17,18). The van der Waals surface area contributed by atoms with Gasteiger partial charge in [0, 0.05) is 13.1 Å². The van der Waals surface area contributed by atoms with Crippen molar-refractivity contribution in [3.05, 3.63) is 23.9 Å². The Labute approximate surface area is 108 Å². The van der Waals surface area contributed by atoms with E-state index in [0.29, 0.717) is 11.8 Å². The molecule has 0 aliphatic carbocycles. The summed E-state index contributed by atoms with van der Waals surface area (Å²) in [6.45, 7) is 6.46. The monoisotopic (exact) mass is 248 g/mol. The fraction of sp³-hybridized carbons (Fsp3) is 0.571. The first kappa shape index (κ1) is 12.9. The fourth-order valence-corrected chi connectivity index (χ4v) is 2.62. The highest BCUT2D eigenvalue weighted by Gasteiger charge is 2.24. The third-order valence-corrected chi connectivity index (χ3v) is 3.37. The molecule has 4 heteroatoms. The first-order valence-corrected chi connectivity index (χ1v) is 6.51. The van der Waals surface area contributed by atoms with Crippen molar-refractivity contribution < 1.29 is 9.90 Å². The first-order chi connectivity index (χ1) is 8.56. The van der Waals surface area contributed by atoms with Gasteiger partial charge < -0.3 is 10.0 Å². The van der Waals surface area contributed by atoms with E-state index in [1.54, 1.807) is 6.07 Å². The van der Waals surface area contributed by atoms with Gasteiger partial charge in [0.2, 0.25) is 0 Å². The molecule has 1 aliphatic rings. The maximum absolute atomic E-state index is 10.9. The quantitative estimate of drug-likeness (QED) is 0.890. The van der Waals surface area contributed by atoms with Crippen LogP contribution in [0.5, 0.6) is 0 Å². The molecule has 98 valence electrons. The van der Waals surface area contributed by atoms with Crippen LogP contribution in [-0.4, -0.2) is 29.1 Å². The van der Waals surface area contributed by atoms with Gasteiger partial charge in [-0.2, -0.15) is 0 Å². The van der Waals surface area contributed by atoms with Gasteiger partial charge in [0.15, 0.2) is 5.69 Å². The summed E-state index contributed by atoms with van der Waals surface area (Å²) in [7, 11) is 0. The normalized spacial score (nSPS) is 19.5. The van der Waals surface area contributed by atoms with Gasteiger partial charge in [-0.05, 0) is 36.8 Å². The molecule has 1 aliphatic heterocycles. The van der Waals surface area contributed by atoms with Gasteiger partial charge in [-0.1, -0.05) is 19.9 Å². The van der Waals surface area contributed by atoms with Crippen LogP contribution in [0.3, 0.4) is 0 Å². The van der Waals surface area contributed by atoms with E-state index in [9.17, 15) is 4.79 Å². The Kier molecular flexibility index (Phi) is 3.84. The SMILES string of the molecule is CC(C)CC1CCN(c2cccc(C(=O)O)n2)C1. The van der Waals surface area contributed by atoms with Crippen molar-refractivity contribution in [3.8, 4) is 0 Å². The first-order valence-electron chi connectivity index (χ1n) is 6.51. The lowest BCUT2D eigenvalue weighted by molar-refractivity contribution is 0.0690. The molecule has 1 N–H and O–H groups in total. The molecule has 2 rings (SSSR count). The van der Waals surface area contributed by atoms with Crippen LogP contribution in [0.25, 0.3) is 0 Å². The molecule has 0 spiro atoms. The third-order valence-electron chi connectivity index (χ3n) is 3.37. The number of carboxylic acid groups (broad SMARTS) is 1. The van der Waals surface area contributed by atoms with E-state index >= 15 is 0 Å². The number of aromatic carboxylic acids is 1. The molecule has 1 aromatic heterocycles. The number of hydrogen-bond acceptors (Lipinski definition) is 3. The maximum Gasteiger partial charge on any atom is 0.354 e. The Balaban J connectivity index is 2.05. The molecule has 1 atom stereocenters. The van der Waals surface area contributed by atoms with Crippen molar-refractivity contribution in [2.24, 2.45) is 11.8 Å². The molecule has 2 heterocycles. The van der Waals surface area contributed by atoms with Crippen molar-refractivity contribution in [3.63, 3.8) is 0 Å². The molecular formula is C14H20N2O2. The average molecular weight is 248 g/mol. The zero-order chi connectivity index (χ0) is 13.1. The Morgan fingerprint density at radius 2 is 2.33 bits per heavy atom. The van der Waals surface area contributed by atoms with Crippen LogP contribution in [-0.2, 0) is 0 Å². The maximum atomic E-state index is 10.9. The van der Waals surface area contributed by atoms with Gasteiger partial charge in [-0.3, -0.25) is 0 Å². The molecule has 1 aromatic rings. The lowest BCUT2D eigenvalue weighted by Gasteiger charge is -2.18. The number of nitrogens with zero attached hydrogens (tertiary/aromatic N) is 2. The summed E-state index contributed by atoms with van der Waals surface area (Å²) < 4.78 is 0. The summed E-state index contributed by atoms with van der Waals surface area (Å²) in [4.78, 5) is 17.3. The van der Waals surface area contributed by atoms with Crippen LogP contribution in [0.4, 0.5) is 5.82 Å². The van der Waals surface area contributed by atoms with Crippen molar-refractivity contribution in [1.82, 2.24) is 4.98 Å². The van der Waals surface area contributed by atoms with Crippen molar-refractivity contribution in [2.45, 2.75) is 26.7 Å². The van der Waals surface area contributed by atoms with Crippen LogP contribution in [0.2, 0.25) is 0 Å². The van der Waals surface area contributed by atoms with E-state index in [1.807, 2.05) is 6.07 Å². The Hall–Kier alpha value is -1.58. The van der Waals surface area contributed by atoms with Gasteiger partial charge in [-0.25, -0.2) is 9.78 Å². The largest absolute Gasteiger partial charge is 0.477 e. The zero-order valence-corrected chi connectivity index (χ0v) is 11.0. The molecule has 0 saturated carbocycles. The molecule has 4 nitrogen and oxygen atoms in total. The highest BCUT2D eigenvalue weighted by molar-refractivity contribution is 5.85.